The highest BCUT2D eigenvalue weighted by Crippen LogP contribution is 2.16. The fraction of sp³-hybridized carbons (Fsp3) is 0.533. The van der Waals surface area contributed by atoms with E-state index >= 15 is 0 Å². The molecule has 0 aliphatic carbocycles. The summed E-state index contributed by atoms with van der Waals surface area (Å²) in [6, 6.07) is 7.59. The van der Waals surface area contributed by atoms with Gasteiger partial charge in [-0.05, 0) is 43.6 Å². The molecular formula is C15H24N4O. The van der Waals surface area contributed by atoms with E-state index < -0.39 is 0 Å². The molecule has 0 spiro atoms. The van der Waals surface area contributed by atoms with Crippen LogP contribution in [0.5, 0.6) is 0 Å². The summed E-state index contributed by atoms with van der Waals surface area (Å²) >= 11 is 0. The number of nitrogens with one attached hydrogen (secondary N) is 1. The van der Waals surface area contributed by atoms with E-state index in [-0.39, 0.29) is 6.03 Å². The van der Waals surface area contributed by atoms with E-state index in [9.17, 15) is 4.79 Å². The number of hydrogen-bond acceptors (Lipinski definition) is 3. The molecule has 0 saturated carbocycles. The summed E-state index contributed by atoms with van der Waals surface area (Å²) in [4.78, 5) is 16.2. The van der Waals surface area contributed by atoms with Crippen molar-refractivity contribution in [3.8, 4) is 0 Å². The molecule has 1 heterocycles. The summed E-state index contributed by atoms with van der Waals surface area (Å²) in [7, 11) is 3.97. The number of benzene rings is 1. The maximum Gasteiger partial charge on any atom is 0.321 e. The summed E-state index contributed by atoms with van der Waals surface area (Å²) < 4.78 is 0. The van der Waals surface area contributed by atoms with Gasteiger partial charge in [0.15, 0.2) is 0 Å². The topological polar surface area (TPSA) is 61.6 Å². The molecule has 2 rings (SSSR count). The summed E-state index contributed by atoms with van der Waals surface area (Å²) in [5, 5.41) is 2.92. The van der Waals surface area contributed by atoms with E-state index in [0.717, 1.165) is 37.3 Å². The zero-order chi connectivity index (χ0) is 14.5. The molecule has 1 saturated heterocycles. The molecule has 5 nitrogen and oxygen atoms in total. The first-order chi connectivity index (χ1) is 9.58. The number of hydrogen-bond donors (Lipinski definition) is 2. The van der Waals surface area contributed by atoms with Gasteiger partial charge >= 0.3 is 6.03 Å². The quantitative estimate of drug-likeness (QED) is 0.877. The molecule has 5 heteroatoms. The molecule has 0 bridgehead atoms. The average Bonchev–Trinajstić information content (AvgIpc) is 2.84. The minimum Gasteiger partial charge on any atom is -0.327 e. The second-order valence-electron chi connectivity index (χ2n) is 5.63. The van der Waals surface area contributed by atoms with Gasteiger partial charge in [0.25, 0.3) is 0 Å². The maximum absolute atomic E-state index is 12.2. The Bertz CT molecular complexity index is 463. The van der Waals surface area contributed by atoms with E-state index in [1.807, 2.05) is 31.3 Å². The number of amides is 2. The van der Waals surface area contributed by atoms with Crippen LogP contribution < -0.4 is 11.1 Å². The number of anilines is 1. The van der Waals surface area contributed by atoms with Crippen LogP contribution in [-0.2, 0) is 6.54 Å². The van der Waals surface area contributed by atoms with Crippen molar-refractivity contribution >= 4 is 11.7 Å². The molecule has 1 aliphatic rings. The lowest BCUT2D eigenvalue weighted by Crippen LogP contribution is -2.36. The normalized spacial score (nSPS) is 19.1. The lowest BCUT2D eigenvalue weighted by Gasteiger charge is -2.21. The first-order valence-corrected chi connectivity index (χ1v) is 7.08. The van der Waals surface area contributed by atoms with Crippen LogP contribution in [0.3, 0.4) is 0 Å². The first-order valence-electron chi connectivity index (χ1n) is 7.08. The number of rotatable bonds is 4. The van der Waals surface area contributed by atoms with Gasteiger partial charge < -0.3 is 20.9 Å². The van der Waals surface area contributed by atoms with Crippen LogP contribution in [0.4, 0.5) is 10.5 Å². The van der Waals surface area contributed by atoms with Gasteiger partial charge in [-0.2, -0.15) is 0 Å². The third-order valence-electron chi connectivity index (χ3n) is 3.78. The van der Waals surface area contributed by atoms with Gasteiger partial charge in [-0.15, -0.1) is 0 Å². The van der Waals surface area contributed by atoms with Crippen LogP contribution in [0.25, 0.3) is 0 Å². The zero-order valence-electron chi connectivity index (χ0n) is 12.3. The molecule has 0 radical (unpaired) electrons. The fourth-order valence-corrected chi connectivity index (χ4v) is 2.64. The molecule has 2 amide bonds. The Balaban J connectivity index is 1.87. The molecular weight excluding hydrogens is 252 g/mol. The number of urea groups is 1. The Morgan fingerprint density at radius 3 is 3.00 bits per heavy atom. The van der Waals surface area contributed by atoms with Crippen molar-refractivity contribution in [2.24, 2.45) is 11.7 Å². The van der Waals surface area contributed by atoms with Crippen molar-refractivity contribution in [3.05, 3.63) is 29.8 Å². The molecule has 20 heavy (non-hydrogen) atoms. The summed E-state index contributed by atoms with van der Waals surface area (Å²) in [5.74, 6) is 0.575. The molecule has 3 N–H and O–H groups in total. The van der Waals surface area contributed by atoms with Crippen LogP contribution in [0.1, 0.15) is 12.0 Å². The average molecular weight is 276 g/mol. The molecule has 1 fully saturated rings. The summed E-state index contributed by atoms with van der Waals surface area (Å²) in [6.45, 7) is 3.47. The van der Waals surface area contributed by atoms with E-state index in [4.69, 9.17) is 5.73 Å². The highest BCUT2D eigenvalue weighted by Gasteiger charge is 2.22. The van der Waals surface area contributed by atoms with Crippen molar-refractivity contribution in [3.63, 3.8) is 0 Å². The fourth-order valence-electron chi connectivity index (χ4n) is 2.64. The summed E-state index contributed by atoms with van der Waals surface area (Å²) in [5.41, 5.74) is 7.42. The Morgan fingerprint density at radius 2 is 2.35 bits per heavy atom. The Labute approximate surface area is 120 Å². The number of likely N-dealkylation sites (tertiary alicyclic amines) is 1. The first kappa shape index (κ1) is 14.8. The standard InChI is InChI=1S/C15H24N4O/c1-18-7-6-13(10-18)11-19(2)15(20)17-14-5-3-4-12(8-14)9-16/h3-5,8,13H,6-7,9-11,16H2,1-2H3,(H,17,20). The van der Waals surface area contributed by atoms with Gasteiger partial charge in [0.05, 0.1) is 0 Å². The van der Waals surface area contributed by atoms with Gasteiger partial charge in [-0.3, -0.25) is 0 Å². The largest absolute Gasteiger partial charge is 0.327 e. The van der Waals surface area contributed by atoms with Gasteiger partial charge in [-0.1, -0.05) is 12.1 Å². The second-order valence-corrected chi connectivity index (χ2v) is 5.63. The predicted molar refractivity (Wildman–Crippen MR) is 81.6 cm³/mol. The molecule has 1 unspecified atom stereocenters. The van der Waals surface area contributed by atoms with Gasteiger partial charge in [0.1, 0.15) is 0 Å². The van der Waals surface area contributed by atoms with Crippen molar-refractivity contribution in [1.82, 2.24) is 9.80 Å². The van der Waals surface area contributed by atoms with E-state index in [1.165, 1.54) is 0 Å². The summed E-state index contributed by atoms with van der Waals surface area (Å²) in [6.07, 6.45) is 1.16. The van der Waals surface area contributed by atoms with E-state index in [0.29, 0.717) is 12.5 Å². The van der Waals surface area contributed by atoms with E-state index in [2.05, 4.69) is 17.3 Å². The van der Waals surface area contributed by atoms with Crippen LogP contribution in [0.2, 0.25) is 0 Å². The molecule has 1 atom stereocenters. The van der Waals surface area contributed by atoms with Crippen LogP contribution >= 0.6 is 0 Å². The Hall–Kier alpha value is -1.59. The lowest BCUT2D eigenvalue weighted by atomic mass is 10.1. The lowest BCUT2D eigenvalue weighted by molar-refractivity contribution is 0.214. The third-order valence-corrected chi connectivity index (χ3v) is 3.78. The molecule has 0 aromatic heterocycles. The van der Waals surface area contributed by atoms with E-state index in [1.54, 1.807) is 4.90 Å². The highest BCUT2D eigenvalue weighted by molar-refractivity contribution is 5.89. The van der Waals surface area contributed by atoms with Crippen molar-refractivity contribution < 1.29 is 4.79 Å². The smallest absolute Gasteiger partial charge is 0.321 e. The van der Waals surface area contributed by atoms with Crippen molar-refractivity contribution in [1.29, 1.82) is 0 Å². The minimum atomic E-state index is -0.0614. The predicted octanol–water partition coefficient (Wildman–Crippen LogP) is 1.56. The van der Waals surface area contributed by atoms with Crippen LogP contribution in [-0.4, -0.2) is 49.6 Å². The third kappa shape index (κ3) is 3.95. The van der Waals surface area contributed by atoms with Gasteiger partial charge in [0.2, 0.25) is 0 Å². The highest BCUT2D eigenvalue weighted by atomic mass is 16.2. The molecule has 110 valence electrons. The monoisotopic (exact) mass is 276 g/mol. The Morgan fingerprint density at radius 1 is 1.55 bits per heavy atom. The van der Waals surface area contributed by atoms with Gasteiger partial charge in [0, 0.05) is 32.4 Å². The van der Waals surface area contributed by atoms with Crippen LogP contribution in [0.15, 0.2) is 24.3 Å². The second kappa shape index (κ2) is 6.72. The maximum atomic E-state index is 12.2. The van der Waals surface area contributed by atoms with Gasteiger partial charge in [-0.25, -0.2) is 4.79 Å². The van der Waals surface area contributed by atoms with Crippen LogP contribution in [0, 0.1) is 5.92 Å². The van der Waals surface area contributed by atoms with Crippen molar-refractivity contribution in [2.75, 3.05) is 39.0 Å². The number of nitrogens with two attached hydrogens (primary N) is 1. The zero-order valence-corrected chi connectivity index (χ0v) is 12.3. The number of nitrogens with zero attached hydrogens (tertiary/aromatic N) is 2. The molecule has 1 aromatic rings. The Kier molecular flexibility index (Phi) is 4.98. The number of carbonyl (C=O) groups is 1. The SMILES string of the molecule is CN1CCC(CN(C)C(=O)Nc2cccc(CN)c2)C1. The minimum absolute atomic E-state index is 0.0614. The number of carbonyl (C=O) groups excluding carboxylic acids is 1. The van der Waals surface area contributed by atoms with Crippen molar-refractivity contribution in [2.45, 2.75) is 13.0 Å². The molecule has 1 aromatic carbocycles. The molecule has 1 aliphatic heterocycles.